The summed E-state index contributed by atoms with van der Waals surface area (Å²) in [5.74, 6) is 0.176. The average Bonchev–Trinajstić information content (AvgIpc) is 2.17. The third-order valence-electron chi connectivity index (χ3n) is 2.73. The van der Waals surface area contributed by atoms with Gasteiger partial charge in [0, 0.05) is 18.6 Å². The van der Waals surface area contributed by atoms with Crippen LogP contribution in [0.3, 0.4) is 0 Å². The van der Waals surface area contributed by atoms with Crippen molar-refractivity contribution in [1.29, 1.82) is 0 Å². The molecule has 0 spiro atoms. The maximum absolute atomic E-state index is 10.9. The van der Waals surface area contributed by atoms with Crippen LogP contribution >= 0.6 is 0 Å². The zero-order valence-corrected chi connectivity index (χ0v) is 11.5. The molecule has 1 N–H and O–H groups in total. The Balaban J connectivity index is 3.62. The highest BCUT2D eigenvalue weighted by Gasteiger charge is 2.09. The minimum atomic E-state index is -2.88. The molecule has 0 aliphatic rings. The minimum absolute atomic E-state index is 0.176. The first-order chi connectivity index (χ1) is 7.39. The molecular formula is C11H25NO3S. The number of rotatable bonds is 9. The highest BCUT2D eigenvalue weighted by molar-refractivity contribution is 7.90. The van der Waals surface area contributed by atoms with E-state index in [-0.39, 0.29) is 11.9 Å². The molecule has 0 aliphatic heterocycles. The largest absolute Gasteiger partial charge is 0.393 e. The Morgan fingerprint density at radius 2 is 1.75 bits per heavy atom. The molecule has 0 radical (unpaired) electrons. The van der Waals surface area contributed by atoms with Gasteiger partial charge in [0.2, 0.25) is 0 Å². The Morgan fingerprint density at radius 1 is 1.19 bits per heavy atom. The number of aliphatic hydroxyl groups excluding tert-OH is 1. The Labute approximate surface area is 99.6 Å². The van der Waals surface area contributed by atoms with Crippen LogP contribution in [-0.4, -0.2) is 56.2 Å². The van der Waals surface area contributed by atoms with Crippen LogP contribution in [0.4, 0.5) is 0 Å². The molecule has 98 valence electrons. The Hall–Kier alpha value is -0.130. The van der Waals surface area contributed by atoms with Gasteiger partial charge >= 0.3 is 0 Å². The molecule has 16 heavy (non-hydrogen) atoms. The molecule has 0 aromatic heterocycles. The van der Waals surface area contributed by atoms with E-state index >= 15 is 0 Å². The highest BCUT2D eigenvalue weighted by atomic mass is 32.2. The van der Waals surface area contributed by atoms with E-state index in [2.05, 4.69) is 18.7 Å². The summed E-state index contributed by atoms with van der Waals surface area (Å²) in [4.78, 5) is 2.25. The molecule has 0 bridgehead atoms. The van der Waals surface area contributed by atoms with Gasteiger partial charge in [0.1, 0.15) is 9.84 Å². The molecule has 0 heterocycles. The van der Waals surface area contributed by atoms with E-state index in [0.29, 0.717) is 12.8 Å². The number of hydrogen-bond acceptors (Lipinski definition) is 4. The van der Waals surface area contributed by atoms with Gasteiger partial charge in [-0.15, -0.1) is 0 Å². The lowest BCUT2D eigenvalue weighted by Gasteiger charge is -2.19. The summed E-state index contributed by atoms with van der Waals surface area (Å²) in [6, 6.07) is 0. The predicted molar refractivity (Wildman–Crippen MR) is 67.4 cm³/mol. The molecule has 0 amide bonds. The van der Waals surface area contributed by atoms with E-state index in [1.807, 2.05) is 0 Å². The first-order valence-electron chi connectivity index (χ1n) is 5.97. The number of hydrogen-bond donors (Lipinski definition) is 1. The number of sulfone groups is 1. The van der Waals surface area contributed by atoms with Crippen molar-refractivity contribution in [3.05, 3.63) is 0 Å². The van der Waals surface area contributed by atoms with Crippen LogP contribution in [0.15, 0.2) is 0 Å². The lowest BCUT2D eigenvalue weighted by molar-refractivity contribution is 0.134. The fourth-order valence-electron chi connectivity index (χ4n) is 1.60. The van der Waals surface area contributed by atoms with E-state index in [4.69, 9.17) is 0 Å². The summed E-state index contributed by atoms with van der Waals surface area (Å²) in [7, 11) is -2.88. The molecule has 0 aromatic rings. The topological polar surface area (TPSA) is 57.6 Å². The van der Waals surface area contributed by atoms with Crippen LogP contribution in [0.1, 0.15) is 33.1 Å². The summed E-state index contributed by atoms with van der Waals surface area (Å²) < 4.78 is 21.8. The smallest absolute Gasteiger partial charge is 0.147 e. The fourth-order valence-corrected chi connectivity index (χ4v) is 2.29. The third kappa shape index (κ3) is 9.12. The van der Waals surface area contributed by atoms with Gasteiger partial charge in [-0.1, -0.05) is 13.8 Å². The van der Waals surface area contributed by atoms with Crippen molar-refractivity contribution in [2.75, 3.05) is 31.6 Å². The van der Waals surface area contributed by atoms with Gasteiger partial charge in [-0.25, -0.2) is 8.42 Å². The van der Waals surface area contributed by atoms with E-state index < -0.39 is 9.84 Å². The van der Waals surface area contributed by atoms with Gasteiger partial charge < -0.3 is 10.0 Å². The second kappa shape index (κ2) is 8.03. The molecule has 0 saturated carbocycles. The zero-order valence-electron chi connectivity index (χ0n) is 10.6. The van der Waals surface area contributed by atoms with Crippen LogP contribution in [-0.2, 0) is 9.84 Å². The highest BCUT2D eigenvalue weighted by Crippen LogP contribution is 2.05. The first-order valence-corrected chi connectivity index (χ1v) is 8.03. The van der Waals surface area contributed by atoms with Crippen molar-refractivity contribution < 1.29 is 13.5 Å². The van der Waals surface area contributed by atoms with Gasteiger partial charge in [-0.05, 0) is 32.4 Å². The van der Waals surface area contributed by atoms with Crippen LogP contribution in [0.25, 0.3) is 0 Å². The monoisotopic (exact) mass is 251 g/mol. The molecule has 0 saturated heterocycles. The molecule has 1 atom stereocenters. The quantitative estimate of drug-likeness (QED) is 0.661. The first kappa shape index (κ1) is 15.9. The van der Waals surface area contributed by atoms with E-state index in [9.17, 15) is 13.5 Å². The summed E-state index contributed by atoms with van der Waals surface area (Å²) in [6.45, 7) is 7.06. The van der Waals surface area contributed by atoms with Gasteiger partial charge in [0.25, 0.3) is 0 Å². The lowest BCUT2D eigenvalue weighted by Crippen LogP contribution is -2.27. The van der Waals surface area contributed by atoms with E-state index in [1.165, 1.54) is 6.26 Å². The maximum Gasteiger partial charge on any atom is 0.147 e. The van der Waals surface area contributed by atoms with E-state index in [0.717, 1.165) is 26.1 Å². The zero-order chi connectivity index (χ0) is 12.6. The molecule has 0 aliphatic carbocycles. The van der Waals surface area contributed by atoms with Crippen molar-refractivity contribution in [1.82, 2.24) is 4.90 Å². The van der Waals surface area contributed by atoms with Crippen molar-refractivity contribution in [3.8, 4) is 0 Å². The Kier molecular flexibility index (Phi) is 7.97. The second-order valence-corrected chi connectivity index (χ2v) is 6.50. The van der Waals surface area contributed by atoms with Crippen molar-refractivity contribution in [3.63, 3.8) is 0 Å². The second-order valence-electron chi connectivity index (χ2n) is 4.24. The van der Waals surface area contributed by atoms with Gasteiger partial charge in [0.15, 0.2) is 0 Å². The van der Waals surface area contributed by atoms with Gasteiger partial charge in [0.05, 0.1) is 6.10 Å². The number of nitrogens with zero attached hydrogens (tertiary/aromatic N) is 1. The van der Waals surface area contributed by atoms with Crippen LogP contribution < -0.4 is 0 Å². The minimum Gasteiger partial charge on any atom is -0.393 e. The Morgan fingerprint density at radius 3 is 2.19 bits per heavy atom. The third-order valence-corrected chi connectivity index (χ3v) is 3.76. The lowest BCUT2D eigenvalue weighted by atomic mass is 10.1. The molecule has 1 unspecified atom stereocenters. The van der Waals surface area contributed by atoms with Crippen LogP contribution in [0, 0.1) is 0 Å². The fraction of sp³-hybridized carbons (Fsp3) is 1.00. The van der Waals surface area contributed by atoms with Crippen molar-refractivity contribution in [2.24, 2.45) is 0 Å². The summed E-state index contributed by atoms with van der Waals surface area (Å²) >= 11 is 0. The maximum atomic E-state index is 10.9. The summed E-state index contributed by atoms with van der Waals surface area (Å²) in [5.41, 5.74) is 0. The number of aliphatic hydroxyl groups is 1. The molecule has 5 heteroatoms. The standard InChI is InChI=1S/C11H25NO3S/c1-4-12(5-2)9-8-11(13)7-6-10-16(3,14)15/h11,13H,4-10H2,1-3H3. The predicted octanol–water partition coefficient (Wildman–Crippen LogP) is 0.904. The molecule has 0 rings (SSSR count). The van der Waals surface area contributed by atoms with Crippen molar-refractivity contribution in [2.45, 2.75) is 39.2 Å². The summed E-state index contributed by atoms with van der Waals surface area (Å²) in [6.07, 6.45) is 2.72. The normalized spacial score (nSPS) is 14.3. The van der Waals surface area contributed by atoms with Crippen LogP contribution in [0.2, 0.25) is 0 Å². The SMILES string of the molecule is CCN(CC)CCC(O)CCCS(C)(=O)=O. The average molecular weight is 251 g/mol. The van der Waals surface area contributed by atoms with Gasteiger partial charge in [-0.3, -0.25) is 0 Å². The van der Waals surface area contributed by atoms with Crippen molar-refractivity contribution >= 4 is 9.84 Å². The molecule has 4 nitrogen and oxygen atoms in total. The van der Waals surface area contributed by atoms with E-state index in [1.54, 1.807) is 0 Å². The van der Waals surface area contributed by atoms with Gasteiger partial charge in [-0.2, -0.15) is 0 Å². The summed E-state index contributed by atoms with van der Waals surface area (Å²) in [5, 5.41) is 9.66. The molecule has 0 fully saturated rings. The van der Waals surface area contributed by atoms with Crippen LogP contribution in [0.5, 0.6) is 0 Å². The molecule has 0 aromatic carbocycles. The molecular weight excluding hydrogens is 226 g/mol. The Bertz CT molecular complexity index is 260.